The van der Waals surface area contributed by atoms with Crippen LogP contribution in [0.2, 0.25) is 0 Å². The summed E-state index contributed by atoms with van der Waals surface area (Å²) in [5, 5.41) is 2.25. The summed E-state index contributed by atoms with van der Waals surface area (Å²) >= 11 is 1.32. The Balaban J connectivity index is 2.47. The van der Waals surface area contributed by atoms with Crippen molar-refractivity contribution in [3.63, 3.8) is 0 Å². The molecule has 0 atom stereocenters. The van der Waals surface area contributed by atoms with Gasteiger partial charge >= 0.3 is 0 Å². The highest BCUT2D eigenvalue weighted by Gasteiger charge is 2.05. The molecular weight excluding hydrogens is 201 g/mol. The Hall–Kier alpha value is -1.62. The lowest BCUT2D eigenvalue weighted by molar-refractivity contribution is 0.633. The normalized spacial score (nSPS) is 10.4. The van der Waals surface area contributed by atoms with Crippen LogP contribution in [0.25, 0.3) is 11.3 Å². The standard InChI is InChI=1S/C9H8FN3S/c10-6-3-5(1-2-7(6)11)8-4-14-9(12)13-8/h1-4H,11H2,(H2,12,13). The van der Waals surface area contributed by atoms with Gasteiger partial charge in [0.15, 0.2) is 5.13 Å². The first kappa shape index (κ1) is 8.96. The van der Waals surface area contributed by atoms with E-state index in [1.807, 2.05) is 0 Å². The second kappa shape index (κ2) is 3.26. The van der Waals surface area contributed by atoms with Gasteiger partial charge in [0.25, 0.3) is 0 Å². The van der Waals surface area contributed by atoms with Crippen LogP contribution in [0.5, 0.6) is 0 Å². The average Bonchev–Trinajstić information content (AvgIpc) is 2.57. The predicted octanol–water partition coefficient (Wildman–Crippen LogP) is 2.11. The summed E-state index contributed by atoms with van der Waals surface area (Å²) < 4.78 is 13.1. The van der Waals surface area contributed by atoms with Crippen LogP contribution in [0, 0.1) is 5.82 Å². The van der Waals surface area contributed by atoms with Gasteiger partial charge in [-0.3, -0.25) is 0 Å². The van der Waals surface area contributed by atoms with Gasteiger partial charge < -0.3 is 11.5 Å². The molecule has 5 heteroatoms. The van der Waals surface area contributed by atoms with E-state index in [0.29, 0.717) is 16.4 Å². The number of aromatic nitrogens is 1. The SMILES string of the molecule is Nc1nc(-c2ccc(N)c(F)c2)cs1. The molecule has 0 aliphatic rings. The number of hydrogen-bond acceptors (Lipinski definition) is 4. The number of nitrogen functional groups attached to an aromatic ring is 2. The van der Waals surface area contributed by atoms with Gasteiger partial charge in [-0.2, -0.15) is 0 Å². The van der Waals surface area contributed by atoms with Crippen LogP contribution in [-0.2, 0) is 0 Å². The van der Waals surface area contributed by atoms with Gasteiger partial charge in [-0.05, 0) is 12.1 Å². The summed E-state index contributed by atoms with van der Waals surface area (Å²) in [6.07, 6.45) is 0. The van der Waals surface area contributed by atoms with Crippen LogP contribution in [0.15, 0.2) is 23.6 Å². The fourth-order valence-electron chi connectivity index (χ4n) is 1.11. The number of rotatable bonds is 1. The largest absolute Gasteiger partial charge is 0.396 e. The van der Waals surface area contributed by atoms with E-state index in [9.17, 15) is 4.39 Å². The Morgan fingerprint density at radius 1 is 1.29 bits per heavy atom. The van der Waals surface area contributed by atoms with Crippen molar-refractivity contribution in [3.05, 3.63) is 29.4 Å². The van der Waals surface area contributed by atoms with Gasteiger partial charge in [0.05, 0.1) is 11.4 Å². The summed E-state index contributed by atoms with van der Waals surface area (Å²) in [6.45, 7) is 0. The molecular formula is C9H8FN3S. The van der Waals surface area contributed by atoms with Crippen LogP contribution >= 0.6 is 11.3 Å². The summed E-state index contributed by atoms with van der Waals surface area (Å²) in [4.78, 5) is 4.04. The van der Waals surface area contributed by atoms with Crippen molar-refractivity contribution in [1.29, 1.82) is 0 Å². The van der Waals surface area contributed by atoms with E-state index >= 15 is 0 Å². The van der Waals surface area contributed by atoms with Gasteiger partial charge in [0.1, 0.15) is 5.82 Å². The first-order valence-corrected chi connectivity index (χ1v) is 4.81. The van der Waals surface area contributed by atoms with Crippen molar-refractivity contribution in [2.75, 3.05) is 11.5 Å². The lowest BCUT2D eigenvalue weighted by atomic mass is 10.1. The van der Waals surface area contributed by atoms with Crippen LogP contribution in [0.3, 0.4) is 0 Å². The minimum atomic E-state index is -0.436. The second-order valence-electron chi connectivity index (χ2n) is 2.81. The van der Waals surface area contributed by atoms with Crippen LogP contribution < -0.4 is 11.5 Å². The number of benzene rings is 1. The van der Waals surface area contributed by atoms with Crippen molar-refractivity contribution in [2.24, 2.45) is 0 Å². The van der Waals surface area contributed by atoms with Crippen molar-refractivity contribution < 1.29 is 4.39 Å². The van der Waals surface area contributed by atoms with E-state index in [2.05, 4.69) is 4.98 Å². The first-order chi connectivity index (χ1) is 6.66. The highest BCUT2D eigenvalue weighted by atomic mass is 32.1. The molecule has 2 rings (SSSR count). The zero-order valence-corrected chi connectivity index (χ0v) is 8.01. The highest BCUT2D eigenvalue weighted by molar-refractivity contribution is 7.13. The molecule has 0 saturated heterocycles. The number of hydrogen-bond donors (Lipinski definition) is 2. The Morgan fingerprint density at radius 3 is 2.64 bits per heavy atom. The lowest BCUT2D eigenvalue weighted by Crippen LogP contribution is -1.90. The number of halogens is 1. The molecule has 0 radical (unpaired) electrons. The molecule has 0 unspecified atom stereocenters. The van der Waals surface area contributed by atoms with Crippen molar-refractivity contribution in [3.8, 4) is 11.3 Å². The topological polar surface area (TPSA) is 64.9 Å². The molecule has 0 aliphatic carbocycles. The molecule has 1 heterocycles. The minimum absolute atomic E-state index is 0.136. The van der Waals surface area contributed by atoms with Gasteiger partial charge in [0.2, 0.25) is 0 Å². The van der Waals surface area contributed by atoms with Crippen LogP contribution in [0.1, 0.15) is 0 Å². The Bertz CT molecular complexity index is 467. The number of nitrogens with two attached hydrogens (primary N) is 2. The van der Waals surface area contributed by atoms with Crippen LogP contribution in [-0.4, -0.2) is 4.98 Å². The molecule has 14 heavy (non-hydrogen) atoms. The smallest absolute Gasteiger partial charge is 0.180 e. The number of nitrogens with zero attached hydrogens (tertiary/aromatic N) is 1. The van der Waals surface area contributed by atoms with E-state index in [4.69, 9.17) is 11.5 Å². The Kier molecular flexibility index (Phi) is 2.09. The monoisotopic (exact) mass is 209 g/mol. The molecule has 0 saturated carbocycles. The summed E-state index contributed by atoms with van der Waals surface area (Å²) in [7, 11) is 0. The summed E-state index contributed by atoms with van der Waals surface area (Å²) in [6, 6.07) is 4.58. The Morgan fingerprint density at radius 2 is 2.07 bits per heavy atom. The van der Waals surface area contributed by atoms with E-state index in [-0.39, 0.29) is 5.69 Å². The molecule has 0 spiro atoms. The fraction of sp³-hybridized carbons (Fsp3) is 0. The zero-order valence-electron chi connectivity index (χ0n) is 7.20. The summed E-state index contributed by atoms with van der Waals surface area (Å²) in [5.74, 6) is -0.436. The molecule has 1 aromatic carbocycles. The van der Waals surface area contributed by atoms with Crippen molar-refractivity contribution >= 4 is 22.2 Å². The maximum Gasteiger partial charge on any atom is 0.180 e. The Labute approximate surface area is 84.2 Å². The van der Waals surface area contributed by atoms with Crippen molar-refractivity contribution in [1.82, 2.24) is 4.98 Å². The van der Waals surface area contributed by atoms with E-state index in [0.717, 1.165) is 0 Å². The fourth-order valence-corrected chi connectivity index (χ4v) is 1.68. The van der Waals surface area contributed by atoms with Gasteiger partial charge in [-0.15, -0.1) is 11.3 Å². The highest BCUT2D eigenvalue weighted by Crippen LogP contribution is 2.25. The van der Waals surface area contributed by atoms with E-state index in [1.54, 1.807) is 11.4 Å². The molecule has 0 amide bonds. The molecule has 3 nitrogen and oxygen atoms in total. The zero-order chi connectivity index (χ0) is 10.1. The van der Waals surface area contributed by atoms with Gasteiger partial charge in [-0.1, -0.05) is 6.07 Å². The number of anilines is 2. The maximum absolute atomic E-state index is 13.1. The van der Waals surface area contributed by atoms with E-state index in [1.165, 1.54) is 23.5 Å². The quantitative estimate of drug-likeness (QED) is 0.707. The molecule has 1 aromatic heterocycles. The summed E-state index contributed by atoms with van der Waals surface area (Å²) in [5.41, 5.74) is 12.3. The number of thiazole rings is 1. The van der Waals surface area contributed by atoms with Gasteiger partial charge in [-0.25, -0.2) is 9.37 Å². The third-order valence-corrected chi connectivity index (χ3v) is 2.49. The van der Waals surface area contributed by atoms with Crippen LogP contribution in [0.4, 0.5) is 15.2 Å². The average molecular weight is 209 g/mol. The molecule has 0 bridgehead atoms. The van der Waals surface area contributed by atoms with Crippen molar-refractivity contribution in [2.45, 2.75) is 0 Å². The van der Waals surface area contributed by atoms with E-state index < -0.39 is 5.82 Å². The molecule has 0 fully saturated rings. The maximum atomic E-state index is 13.1. The second-order valence-corrected chi connectivity index (χ2v) is 3.70. The lowest BCUT2D eigenvalue weighted by Gasteiger charge is -1.99. The molecule has 2 aromatic rings. The molecule has 72 valence electrons. The third-order valence-electron chi connectivity index (χ3n) is 1.82. The molecule has 0 aliphatic heterocycles. The molecule has 4 N–H and O–H groups in total. The third kappa shape index (κ3) is 1.54. The minimum Gasteiger partial charge on any atom is -0.396 e. The first-order valence-electron chi connectivity index (χ1n) is 3.93. The van der Waals surface area contributed by atoms with Gasteiger partial charge in [0, 0.05) is 10.9 Å². The predicted molar refractivity (Wildman–Crippen MR) is 56.3 cm³/mol.